The number of aryl methyl sites for hydroxylation is 1. The number of imidazole rings is 1. The van der Waals surface area contributed by atoms with Gasteiger partial charge in [-0.15, -0.1) is 0 Å². The maximum Gasteiger partial charge on any atom is 0.259 e. The van der Waals surface area contributed by atoms with Gasteiger partial charge in [-0.25, -0.2) is 4.57 Å². The number of benzene rings is 2. The molecule has 1 aromatic heterocycles. The first kappa shape index (κ1) is 8.62. The zero-order valence-electron chi connectivity index (χ0n) is 15.4. The molecule has 0 spiro atoms. The van der Waals surface area contributed by atoms with Crippen molar-refractivity contribution in [3.8, 4) is 5.69 Å². The molecule has 2 nitrogen and oxygen atoms in total. The summed E-state index contributed by atoms with van der Waals surface area (Å²) in [6.07, 6.45) is 0. The first-order valence-electron chi connectivity index (χ1n) is 7.99. The van der Waals surface area contributed by atoms with Gasteiger partial charge in [0, 0.05) is 18.0 Å². The van der Waals surface area contributed by atoms with Crippen LogP contribution in [0.25, 0.3) is 16.7 Å². The molecule has 0 N–H and O–H groups in total. The highest BCUT2D eigenvalue weighted by molar-refractivity contribution is 6.31. The summed E-state index contributed by atoms with van der Waals surface area (Å²) < 4.78 is 43.3. The van der Waals surface area contributed by atoms with Crippen LogP contribution in [0.5, 0.6) is 0 Å². The molecule has 98 valence electrons. The van der Waals surface area contributed by atoms with Gasteiger partial charge in [-0.05, 0) is 24.2 Å². The summed E-state index contributed by atoms with van der Waals surface area (Å²) in [6, 6.07) is 3.74. The Hall–Kier alpha value is -1.51. The average molecular weight is 298 g/mol. The average Bonchev–Trinajstić information content (AvgIpc) is 2.76. The molecule has 0 fully saturated rings. The second-order valence-electron chi connectivity index (χ2n) is 4.05. The third-order valence-corrected chi connectivity index (χ3v) is 3.29. The predicted molar refractivity (Wildman–Crippen MR) is 74.2 cm³/mol. The summed E-state index contributed by atoms with van der Waals surface area (Å²) in [6.45, 7) is 1.83. The monoisotopic (exact) mass is 297 g/mol. The molecule has 0 amide bonds. The van der Waals surface area contributed by atoms with Crippen molar-refractivity contribution in [3.63, 3.8) is 0 Å². The van der Waals surface area contributed by atoms with E-state index in [-0.39, 0.29) is 42.3 Å². The topological polar surface area (TPSA) is 8.81 Å². The summed E-state index contributed by atoms with van der Waals surface area (Å²) in [5.41, 5.74) is 1.68. The first-order valence-corrected chi connectivity index (χ1v) is 5.87. The number of aromatic nitrogens is 2. The molecule has 0 saturated heterocycles. The molecule has 0 saturated carbocycles. The fraction of sp³-hybridized carbons (Fsp3) is 0.133. The molecule has 0 radical (unpaired) electrons. The highest BCUT2D eigenvalue weighted by Gasteiger charge is 2.20. The van der Waals surface area contributed by atoms with Crippen LogP contribution in [-0.4, -0.2) is 4.57 Å². The molecular weight excluding hydrogens is 279 g/mol. The maximum absolute atomic E-state index is 8.17. The second-order valence-corrected chi connectivity index (χ2v) is 4.48. The van der Waals surface area contributed by atoms with Gasteiger partial charge in [0.25, 0.3) is 5.82 Å². The van der Waals surface area contributed by atoms with E-state index < -0.39 is 6.04 Å². The minimum Gasteiger partial charge on any atom is -1.00 e. The largest absolute Gasteiger partial charge is 1.00 e. The van der Waals surface area contributed by atoms with Gasteiger partial charge in [0.2, 0.25) is 0 Å². The highest BCUT2D eigenvalue weighted by atomic mass is 35.5. The Bertz CT molecular complexity index is 940. The Morgan fingerprint density at radius 1 is 1.21 bits per heavy atom. The van der Waals surface area contributed by atoms with Crippen molar-refractivity contribution in [1.29, 1.82) is 0 Å². The second kappa shape index (κ2) is 5.24. The molecule has 3 rings (SSSR count). The Morgan fingerprint density at radius 2 is 1.89 bits per heavy atom. The van der Waals surface area contributed by atoms with Crippen molar-refractivity contribution >= 4 is 22.6 Å². The van der Waals surface area contributed by atoms with E-state index in [2.05, 4.69) is 0 Å². The standard InChI is InChI=1S/C15H14ClN2.ClH/c1-11-17(2)14-9-8-12(16)10-15(14)18(11)13-6-4-3-5-7-13;/h3-10H,1-2H3;1H/q+1;/p-1/i3D,4D,5D,6D,7D;. The molecule has 0 unspecified atom stereocenters. The quantitative estimate of drug-likeness (QED) is 0.576. The van der Waals surface area contributed by atoms with E-state index in [4.69, 9.17) is 18.5 Å². The van der Waals surface area contributed by atoms with Gasteiger partial charge in [-0.2, -0.15) is 4.57 Å². The third-order valence-electron chi connectivity index (χ3n) is 3.06. The lowest BCUT2D eigenvalue weighted by Gasteiger charge is -1.99. The van der Waals surface area contributed by atoms with E-state index in [1.807, 2.05) is 24.6 Å². The summed E-state index contributed by atoms with van der Waals surface area (Å²) in [5, 5.41) is 0.518. The summed E-state index contributed by atoms with van der Waals surface area (Å²) in [4.78, 5) is 0. The van der Waals surface area contributed by atoms with Gasteiger partial charge >= 0.3 is 0 Å². The van der Waals surface area contributed by atoms with Crippen LogP contribution in [0, 0.1) is 6.92 Å². The lowest BCUT2D eigenvalue weighted by atomic mass is 10.3. The zero-order chi connectivity index (χ0) is 17.0. The molecule has 1 heterocycles. The first-order chi connectivity index (χ1) is 10.8. The van der Waals surface area contributed by atoms with Gasteiger partial charge in [-0.3, -0.25) is 0 Å². The van der Waals surface area contributed by atoms with Crippen LogP contribution in [0.15, 0.2) is 48.4 Å². The zero-order valence-corrected chi connectivity index (χ0v) is 11.9. The number of halogens is 2. The SMILES string of the molecule is [2H]c1c([2H])c([2H])c(-n2c(C)[n+](C)c3ccc(Cl)cc32)c([2H])c1[2H].[Cl-]. The van der Waals surface area contributed by atoms with E-state index in [0.717, 1.165) is 11.3 Å². The van der Waals surface area contributed by atoms with Gasteiger partial charge in [0.05, 0.1) is 13.9 Å². The predicted octanol–water partition coefficient (Wildman–Crippen LogP) is 0.421. The minimum atomic E-state index is -0.403. The molecule has 19 heavy (non-hydrogen) atoms. The number of hydrogen-bond donors (Lipinski definition) is 0. The van der Waals surface area contributed by atoms with Gasteiger partial charge < -0.3 is 12.4 Å². The number of fused-ring (bicyclic) bond motifs is 1. The summed E-state index contributed by atoms with van der Waals surface area (Å²) in [7, 11) is 1.86. The van der Waals surface area contributed by atoms with Gasteiger partial charge in [-0.1, -0.05) is 29.7 Å². The molecule has 2 aromatic carbocycles. The van der Waals surface area contributed by atoms with E-state index >= 15 is 0 Å². The summed E-state index contributed by atoms with van der Waals surface area (Å²) >= 11 is 6.09. The smallest absolute Gasteiger partial charge is 0.259 e. The van der Waals surface area contributed by atoms with Gasteiger partial charge in [0.1, 0.15) is 5.69 Å². The van der Waals surface area contributed by atoms with Crippen molar-refractivity contribution in [3.05, 3.63) is 59.3 Å². The number of nitrogens with zero attached hydrogens (tertiary/aromatic N) is 2. The Kier molecular flexibility index (Phi) is 2.38. The Labute approximate surface area is 130 Å². The Balaban J connectivity index is 0.00000208. The van der Waals surface area contributed by atoms with Crippen LogP contribution < -0.4 is 17.0 Å². The van der Waals surface area contributed by atoms with E-state index in [1.165, 1.54) is 0 Å². The Morgan fingerprint density at radius 3 is 2.58 bits per heavy atom. The fourth-order valence-corrected chi connectivity index (χ4v) is 2.26. The molecular formula is C15H14Cl2N2. The van der Waals surface area contributed by atoms with E-state index in [0.29, 0.717) is 10.5 Å². The number of para-hydroxylation sites is 1. The molecule has 3 aromatic rings. The van der Waals surface area contributed by atoms with Crippen LogP contribution >= 0.6 is 11.6 Å². The van der Waals surface area contributed by atoms with Gasteiger partial charge in [0.15, 0.2) is 11.0 Å². The van der Waals surface area contributed by atoms with E-state index in [1.54, 1.807) is 16.7 Å². The molecule has 4 heteroatoms. The molecule has 0 bridgehead atoms. The number of rotatable bonds is 1. The minimum absolute atomic E-state index is 0. The molecule has 0 aliphatic heterocycles. The highest BCUT2D eigenvalue weighted by Crippen LogP contribution is 2.22. The normalized spacial score (nSPS) is 14.2. The van der Waals surface area contributed by atoms with Crippen molar-refractivity contribution in [1.82, 2.24) is 4.57 Å². The van der Waals surface area contributed by atoms with Crippen LogP contribution in [0.3, 0.4) is 0 Å². The van der Waals surface area contributed by atoms with Crippen molar-refractivity contribution < 1.29 is 23.8 Å². The molecule has 0 aliphatic carbocycles. The lowest BCUT2D eigenvalue weighted by Crippen LogP contribution is -3.00. The molecule has 0 aliphatic rings. The fourth-order valence-electron chi connectivity index (χ4n) is 2.10. The lowest BCUT2D eigenvalue weighted by molar-refractivity contribution is -0.652. The van der Waals surface area contributed by atoms with Crippen LogP contribution in [0.1, 0.15) is 12.7 Å². The third kappa shape index (κ3) is 2.22. The molecule has 0 atom stereocenters. The van der Waals surface area contributed by atoms with Crippen molar-refractivity contribution in [2.75, 3.05) is 0 Å². The van der Waals surface area contributed by atoms with Crippen LogP contribution in [0.4, 0.5) is 0 Å². The van der Waals surface area contributed by atoms with Crippen molar-refractivity contribution in [2.45, 2.75) is 6.92 Å². The summed E-state index contributed by atoms with van der Waals surface area (Å²) in [5.74, 6) is 0.737. The van der Waals surface area contributed by atoms with Crippen molar-refractivity contribution in [2.24, 2.45) is 7.05 Å². The van der Waals surface area contributed by atoms with Crippen LogP contribution in [0.2, 0.25) is 5.02 Å². The number of hydrogen-bond acceptors (Lipinski definition) is 0. The maximum atomic E-state index is 8.17. The van der Waals surface area contributed by atoms with Crippen LogP contribution in [-0.2, 0) is 7.05 Å². The van der Waals surface area contributed by atoms with E-state index in [9.17, 15) is 0 Å².